The Labute approximate surface area is 166 Å². The molecular weight excluding hydrogens is 411 g/mol. The van der Waals surface area contributed by atoms with Crippen LogP contribution in [-0.4, -0.2) is 62.1 Å². The second kappa shape index (κ2) is 11.6. The van der Waals surface area contributed by atoms with E-state index in [0.29, 0.717) is 5.41 Å². The maximum Gasteiger partial charge on any atom is 0.193 e. The van der Waals surface area contributed by atoms with Gasteiger partial charge >= 0.3 is 0 Å². The number of halogens is 1. The van der Waals surface area contributed by atoms with Crippen molar-refractivity contribution in [3.05, 3.63) is 0 Å². The Morgan fingerprint density at radius 3 is 2.54 bits per heavy atom. The number of aliphatic imine (C=N–C) groups is 1. The van der Waals surface area contributed by atoms with Crippen LogP contribution >= 0.6 is 24.0 Å². The Bertz CT molecular complexity index is 364. The Balaban J connectivity index is 0.00000288. The fraction of sp³-hybridized carbons (Fsp3) is 0.947. The molecule has 0 aromatic heterocycles. The van der Waals surface area contributed by atoms with Crippen molar-refractivity contribution in [1.29, 1.82) is 0 Å². The van der Waals surface area contributed by atoms with Crippen molar-refractivity contribution in [3.63, 3.8) is 0 Å². The van der Waals surface area contributed by atoms with Crippen LogP contribution in [0, 0.1) is 5.41 Å². The van der Waals surface area contributed by atoms with Crippen LogP contribution in [-0.2, 0) is 0 Å². The molecule has 2 rings (SSSR count). The van der Waals surface area contributed by atoms with Crippen molar-refractivity contribution in [1.82, 2.24) is 15.1 Å². The Morgan fingerprint density at radius 1 is 1.12 bits per heavy atom. The average Bonchev–Trinajstić information content (AvgIpc) is 3.04. The third kappa shape index (κ3) is 7.06. The highest BCUT2D eigenvalue weighted by Gasteiger charge is 2.31. The topological polar surface area (TPSA) is 30.9 Å². The van der Waals surface area contributed by atoms with Gasteiger partial charge in [0.2, 0.25) is 0 Å². The summed E-state index contributed by atoms with van der Waals surface area (Å²) < 4.78 is 0. The van der Waals surface area contributed by atoms with E-state index in [9.17, 15) is 0 Å². The van der Waals surface area contributed by atoms with Crippen molar-refractivity contribution >= 4 is 29.9 Å². The van der Waals surface area contributed by atoms with Gasteiger partial charge in [0.15, 0.2) is 5.96 Å². The molecule has 0 spiro atoms. The number of rotatable bonds is 7. The molecule has 1 N–H and O–H groups in total. The number of hydrogen-bond donors (Lipinski definition) is 1. The van der Waals surface area contributed by atoms with Gasteiger partial charge in [0.1, 0.15) is 0 Å². The third-order valence-electron chi connectivity index (χ3n) is 5.53. The fourth-order valence-electron chi connectivity index (χ4n) is 4.30. The molecule has 0 bridgehead atoms. The van der Waals surface area contributed by atoms with Crippen LogP contribution in [0.2, 0.25) is 0 Å². The number of likely N-dealkylation sites (tertiary alicyclic amines) is 2. The van der Waals surface area contributed by atoms with Crippen molar-refractivity contribution < 1.29 is 0 Å². The van der Waals surface area contributed by atoms with Gasteiger partial charge in [0, 0.05) is 26.7 Å². The SMILES string of the molecule is CCCC1(C)CCCN(C(=NC)NCCCCN2CCCC2)C1.I. The number of nitrogens with zero attached hydrogens (tertiary/aromatic N) is 3. The third-order valence-corrected chi connectivity index (χ3v) is 5.53. The number of guanidine groups is 1. The van der Waals surface area contributed by atoms with Crippen molar-refractivity contribution in [2.24, 2.45) is 10.4 Å². The lowest BCUT2D eigenvalue weighted by Crippen LogP contribution is -2.50. The Kier molecular flexibility index (Phi) is 10.6. The van der Waals surface area contributed by atoms with Gasteiger partial charge in [0.05, 0.1) is 0 Å². The Morgan fingerprint density at radius 2 is 1.88 bits per heavy atom. The number of hydrogen-bond acceptors (Lipinski definition) is 2. The lowest BCUT2D eigenvalue weighted by atomic mass is 9.78. The van der Waals surface area contributed by atoms with Gasteiger partial charge in [-0.1, -0.05) is 20.3 Å². The molecule has 2 heterocycles. The molecular formula is C19H39IN4. The van der Waals surface area contributed by atoms with Gasteiger partial charge in [-0.3, -0.25) is 4.99 Å². The molecule has 0 amide bonds. The summed E-state index contributed by atoms with van der Waals surface area (Å²) in [5.41, 5.74) is 0.473. The first kappa shape index (κ1) is 22.0. The molecule has 2 aliphatic rings. The molecule has 24 heavy (non-hydrogen) atoms. The van der Waals surface area contributed by atoms with Crippen molar-refractivity contribution in [2.45, 2.75) is 65.2 Å². The molecule has 2 saturated heterocycles. The fourth-order valence-corrected chi connectivity index (χ4v) is 4.30. The van der Waals surface area contributed by atoms with Crippen LogP contribution in [0.4, 0.5) is 0 Å². The van der Waals surface area contributed by atoms with E-state index in [2.05, 4.69) is 34.0 Å². The van der Waals surface area contributed by atoms with Crippen LogP contribution in [0.3, 0.4) is 0 Å². The highest BCUT2D eigenvalue weighted by atomic mass is 127. The predicted molar refractivity (Wildman–Crippen MR) is 116 cm³/mol. The molecule has 0 aromatic rings. The van der Waals surface area contributed by atoms with E-state index in [4.69, 9.17) is 0 Å². The van der Waals surface area contributed by atoms with E-state index in [-0.39, 0.29) is 24.0 Å². The molecule has 1 unspecified atom stereocenters. The van der Waals surface area contributed by atoms with Crippen LogP contribution in [0.5, 0.6) is 0 Å². The van der Waals surface area contributed by atoms with Gasteiger partial charge in [-0.25, -0.2) is 0 Å². The lowest BCUT2D eigenvalue weighted by Gasteiger charge is -2.42. The maximum absolute atomic E-state index is 4.53. The molecule has 0 aromatic carbocycles. The smallest absolute Gasteiger partial charge is 0.193 e. The summed E-state index contributed by atoms with van der Waals surface area (Å²) in [4.78, 5) is 9.63. The van der Waals surface area contributed by atoms with Crippen LogP contribution in [0.25, 0.3) is 0 Å². The second-order valence-corrected chi connectivity index (χ2v) is 7.82. The lowest BCUT2D eigenvalue weighted by molar-refractivity contribution is 0.142. The summed E-state index contributed by atoms with van der Waals surface area (Å²) in [5.74, 6) is 1.12. The van der Waals surface area contributed by atoms with Gasteiger partial charge in [-0.15, -0.1) is 24.0 Å². The summed E-state index contributed by atoms with van der Waals surface area (Å²) in [6.07, 6.45) is 10.6. The van der Waals surface area contributed by atoms with Crippen LogP contribution < -0.4 is 5.32 Å². The minimum Gasteiger partial charge on any atom is -0.356 e. The minimum atomic E-state index is 0. The highest BCUT2D eigenvalue weighted by molar-refractivity contribution is 14.0. The largest absolute Gasteiger partial charge is 0.356 e. The van der Waals surface area contributed by atoms with Gasteiger partial charge in [0.25, 0.3) is 0 Å². The maximum atomic E-state index is 4.53. The van der Waals surface area contributed by atoms with Crippen LogP contribution in [0.15, 0.2) is 4.99 Å². The van der Waals surface area contributed by atoms with E-state index in [1.165, 1.54) is 71.0 Å². The van der Waals surface area contributed by atoms with E-state index in [1.54, 1.807) is 0 Å². The first-order valence-electron chi connectivity index (χ1n) is 9.85. The number of piperidine rings is 1. The normalized spacial score (nSPS) is 25.6. The van der Waals surface area contributed by atoms with Gasteiger partial charge in [-0.2, -0.15) is 0 Å². The summed E-state index contributed by atoms with van der Waals surface area (Å²) in [6.45, 7) is 12.0. The molecule has 0 radical (unpaired) electrons. The zero-order chi connectivity index (χ0) is 16.5. The van der Waals surface area contributed by atoms with Crippen LogP contribution in [0.1, 0.15) is 65.2 Å². The second-order valence-electron chi connectivity index (χ2n) is 7.82. The first-order chi connectivity index (χ1) is 11.2. The quantitative estimate of drug-likeness (QED) is 0.276. The zero-order valence-electron chi connectivity index (χ0n) is 16.1. The predicted octanol–water partition coefficient (Wildman–Crippen LogP) is 3.96. The molecule has 1 atom stereocenters. The number of unbranched alkanes of at least 4 members (excludes halogenated alkanes) is 1. The molecule has 5 heteroatoms. The van der Waals surface area contributed by atoms with E-state index in [0.717, 1.165) is 25.6 Å². The van der Waals surface area contributed by atoms with E-state index >= 15 is 0 Å². The summed E-state index contributed by atoms with van der Waals surface area (Å²) in [5, 5.41) is 3.60. The van der Waals surface area contributed by atoms with Crippen molar-refractivity contribution in [3.8, 4) is 0 Å². The number of nitrogens with one attached hydrogen (secondary N) is 1. The average molecular weight is 450 g/mol. The first-order valence-corrected chi connectivity index (χ1v) is 9.85. The zero-order valence-corrected chi connectivity index (χ0v) is 18.5. The minimum absolute atomic E-state index is 0. The molecule has 0 aliphatic carbocycles. The molecule has 2 fully saturated rings. The van der Waals surface area contributed by atoms with E-state index < -0.39 is 0 Å². The Hall–Kier alpha value is -0.0400. The summed E-state index contributed by atoms with van der Waals surface area (Å²) in [6, 6.07) is 0. The highest BCUT2D eigenvalue weighted by Crippen LogP contribution is 2.33. The molecule has 2 aliphatic heterocycles. The summed E-state index contributed by atoms with van der Waals surface area (Å²) >= 11 is 0. The van der Waals surface area contributed by atoms with Gasteiger partial charge in [-0.05, 0) is 70.0 Å². The van der Waals surface area contributed by atoms with Gasteiger partial charge < -0.3 is 15.1 Å². The standard InChI is InChI=1S/C19H38N4.HI/c1-4-10-19(2)11-9-16-23(17-19)18(20-3)21-12-5-6-13-22-14-7-8-15-22;/h4-17H2,1-3H3,(H,20,21);1H. The molecule has 4 nitrogen and oxygen atoms in total. The molecule has 142 valence electrons. The molecule has 0 saturated carbocycles. The summed E-state index contributed by atoms with van der Waals surface area (Å²) in [7, 11) is 1.93. The monoisotopic (exact) mass is 450 g/mol. The van der Waals surface area contributed by atoms with Crippen molar-refractivity contribution in [2.75, 3.05) is 46.3 Å². The van der Waals surface area contributed by atoms with E-state index in [1.807, 2.05) is 7.05 Å².